The van der Waals surface area contributed by atoms with E-state index in [0.29, 0.717) is 5.41 Å². The fourth-order valence-corrected chi connectivity index (χ4v) is 2.22. The van der Waals surface area contributed by atoms with Gasteiger partial charge in [-0.1, -0.05) is 27.7 Å². The van der Waals surface area contributed by atoms with Crippen LogP contribution in [0, 0.1) is 5.41 Å². The van der Waals surface area contributed by atoms with Gasteiger partial charge in [0.1, 0.15) is 0 Å². The van der Waals surface area contributed by atoms with Crippen molar-refractivity contribution in [2.24, 2.45) is 5.41 Å². The first-order chi connectivity index (χ1) is 7.12. The molecule has 15 heavy (non-hydrogen) atoms. The molecule has 0 bridgehead atoms. The van der Waals surface area contributed by atoms with Gasteiger partial charge < -0.3 is 0 Å². The van der Waals surface area contributed by atoms with Gasteiger partial charge in [-0.2, -0.15) is 5.10 Å². The molecule has 0 amide bonds. The Labute approximate surface area is 93.7 Å². The van der Waals surface area contributed by atoms with E-state index in [4.69, 9.17) is 0 Å². The summed E-state index contributed by atoms with van der Waals surface area (Å²) in [6.07, 6.45) is 5.75. The second-order valence-electron chi connectivity index (χ2n) is 4.77. The van der Waals surface area contributed by atoms with E-state index in [1.807, 2.05) is 13.8 Å². The first-order valence-electron chi connectivity index (χ1n) is 6.16. The highest BCUT2D eigenvalue weighted by Gasteiger charge is 2.27. The molecule has 2 rings (SSSR count). The fraction of sp³-hybridized carbons (Fsp3) is 0.769. The van der Waals surface area contributed by atoms with Gasteiger partial charge in [0.2, 0.25) is 0 Å². The van der Waals surface area contributed by atoms with E-state index in [9.17, 15) is 0 Å². The second-order valence-corrected chi connectivity index (χ2v) is 4.77. The molecule has 0 unspecified atom stereocenters. The molecule has 0 saturated heterocycles. The maximum absolute atomic E-state index is 4.40. The van der Waals surface area contributed by atoms with Crippen molar-refractivity contribution in [2.45, 2.75) is 60.4 Å². The van der Waals surface area contributed by atoms with Gasteiger partial charge in [0.15, 0.2) is 0 Å². The zero-order valence-electron chi connectivity index (χ0n) is 10.8. The van der Waals surface area contributed by atoms with Gasteiger partial charge in [0.05, 0.1) is 6.20 Å². The van der Waals surface area contributed by atoms with Crippen molar-refractivity contribution in [3.8, 4) is 0 Å². The number of aromatic nitrogens is 2. The van der Waals surface area contributed by atoms with Crippen LogP contribution in [0.3, 0.4) is 0 Å². The Kier molecular flexibility index (Phi) is 3.95. The molecule has 0 N–H and O–H groups in total. The standard InChI is InChI=1S/C11H18N2.C2H6/c1-4-13-10-5-6-11(2,3)7-9(10)8-12-13;1-2/h8H,4-7H2,1-3H3;1-2H3. The van der Waals surface area contributed by atoms with E-state index in [0.717, 1.165) is 6.54 Å². The van der Waals surface area contributed by atoms with Crippen LogP contribution < -0.4 is 0 Å². The van der Waals surface area contributed by atoms with Crippen LogP contribution in [-0.4, -0.2) is 9.78 Å². The van der Waals surface area contributed by atoms with E-state index in [-0.39, 0.29) is 0 Å². The van der Waals surface area contributed by atoms with Crippen molar-refractivity contribution in [1.82, 2.24) is 9.78 Å². The van der Waals surface area contributed by atoms with E-state index in [1.54, 1.807) is 0 Å². The molecule has 1 aliphatic rings. The number of aryl methyl sites for hydroxylation is 1. The molecule has 1 heterocycles. The Hall–Kier alpha value is -0.790. The molecular formula is C13H24N2. The molecule has 0 aromatic carbocycles. The zero-order chi connectivity index (χ0) is 11.5. The van der Waals surface area contributed by atoms with Crippen molar-refractivity contribution in [1.29, 1.82) is 0 Å². The van der Waals surface area contributed by atoms with E-state index in [2.05, 4.69) is 36.7 Å². The van der Waals surface area contributed by atoms with E-state index in [1.165, 1.54) is 30.5 Å². The van der Waals surface area contributed by atoms with Crippen LogP contribution >= 0.6 is 0 Å². The predicted octanol–water partition coefficient (Wildman–Crippen LogP) is 3.44. The Bertz CT molecular complexity index is 310. The summed E-state index contributed by atoms with van der Waals surface area (Å²) < 4.78 is 2.14. The predicted molar refractivity (Wildman–Crippen MR) is 65.1 cm³/mol. The lowest BCUT2D eigenvalue weighted by Gasteiger charge is -2.29. The van der Waals surface area contributed by atoms with Gasteiger partial charge >= 0.3 is 0 Å². The molecule has 1 aromatic heterocycles. The van der Waals surface area contributed by atoms with Gasteiger partial charge in [-0.3, -0.25) is 4.68 Å². The fourth-order valence-electron chi connectivity index (χ4n) is 2.22. The van der Waals surface area contributed by atoms with Crippen LogP contribution in [0.4, 0.5) is 0 Å². The number of nitrogens with zero attached hydrogens (tertiary/aromatic N) is 2. The summed E-state index contributed by atoms with van der Waals surface area (Å²) in [5.41, 5.74) is 3.43. The molecule has 1 aliphatic carbocycles. The quantitative estimate of drug-likeness (QED) is 0.691. The van der Waals surface area contributed by atoms with Crippen LogP contribution in [0.5, 0.6) is 0 Å². The molecule has 0 fully saturated rings. The van der Waals surface area contributed by atoms with Crippen molar-refractivity contribution in [3.05, 3.63) is 17.5 Å². The SMILES string of the molecule is CC.CCn1ncc2c1CCC(C)(C)C2. The monoisotopic (exact) mass is 208 g/mol. The minimum atomic E-state index is 0.481. The molecule has 2 nitrogen and oxygen atoms in total. The largest absolute Gasteiger partial charge is 0.270 e. The molecule has 0 saturated carbocycles. The lowest BCUT2D eigenvalue weighted by Crippen LogP contribution is -2.22. The summed E-state index contributed by atoms with van der Waals surface area (Å²) in [5.74, 6) is 0. The van der Waals surface area contributed by atoms with Crippen molar-refractivity contribution < 1.29 is 0 Å². The normalized spacial score (nSPS) is 17.7. The van der Waals surface area contributed by atoms with Crippen LogP contribution in [0.15, 0.2) is 6.20 Å². The molecule has 0 atom stereocenters. The summed E-state index contributed by atoms with van der Waals surface area (Å²) in [5, 5.41) is 4.40. The van der Waals surface area contributed by atoms with Gasteiger partial charge in [-0.05, 0) is 37.2 Å². The van der Waals surface area contributed by atoms with Crippen LogP contribution in [0.25, 0.3) is 0 Å². The number of hydrogen-bond acceptors (Lipinski definition) is 1. The van der Waals surface area contributed by atoms with Crippen LogP contribution in [-0.2, 0) is 19.4 Å². The average molecular weight is 208 g/mol. The molecule has 0 spiro atoms. The highest BCUT2D eigenvalue weighted by Crippen LogP contribution is 2.34. The lowest BCUT2D eigenvalue weighted by atomic mass is 9.77. The van der Waals surface area contributed by atoms with Crippen LogP contribution in [0.2, 0.25) is 0 Å². The highest BCUT2D eigenvalue weighted by molar-refractivity contribution is 5.22. The Morgan fingerprint density at radius 3 is 2.67 bits per heavy atom. The van der Waals surface area contributed by atoms with E-state index < -0.39 is 0 Å². The Morgan fingerprint density at radius 1 is 1.40 bits per heavy atom. The summed E-state index contributed by atoms with van der Waals surface area (Å²) in [6.45, 7) is 11.9. The zero-order valence-corrected chi connectivity index (χ0v) is 10.8. The minimum Gasteiger partial charge on any atom is -0.270 e. The van der Waals surface area contributed by atoms with Crippen LogP contribution in [0.1, 0.15) is 52.3 Å². The van der Waals surface area contributed by atoms with Crippen molar-refractivity contribution in [3.63, 3.8) is 0 Å². The van der Waals surface area contributed by atoms with Crippen molar-refractivity contribution >= 4 is 0 Å². The summed E-state index contributed by atoms with van der Waals surface area (Å²) in [4.78, 5) is 0. The van der Waals surface area contributed by atoms with E-state index >= 15 is 0 Å². The summed E-state index contributed by atoms with van der Waals surface area (Å²) >= 11 is 0. The van der Waals surface area contributed by atoms with Crippen molar-refractivity contribution in [2.75, 3.05) is 0 Å². The number of fused-ring (bicyclic) bond motifs is 1. The second kappa shape index (κ2) is 4.82. The maximum atomic E-state index is 4.40. The Balaban J connectivity index is 0.000000531. The average Bonchev–Trinajstić information content (AvgIpc) is 2.61. The van der Waals surface area contributed by atoms with Gasteiger partial charge in [0.25, 0.3) is 0 Å². The maximum Gasteiger partial charge on any atom is 0.0524 e. The van der Waals surface area contributed by atoms with Gasteiger partial charge in [0, 0.05) is 12.2 Å². The molecule has 0 radical (unpaired) electrons. The topological polar surface area (TPSA) is 17.8 Å². The molecule has 1 aromatic rings. The van der Waals surface area contributed by atoms with Gasteiger partial charge in [-0.25, -0.2) is 0 Å². The number of hydrogen-bond donors (Lipinski definition) is 0. The first kappa shape index (κ1) is 12.3. The molecular weight excluding hydrogens is 184 g/mol. The third-order valence-electron chi connectivity index (χ3n) is 3.04. The lowest BCUT2D eigenvalue weighted by molar-refractivity contribution is 0.310. The summed E-state index contributed by atoms with van der Waals surface area (Å²) in [7, 11) is 0. The Morgan fingerprint density at radius 2 is 2.07 bits per heavy atom. The molecule has 86 valence electrons. The molecule has 0 aliphatic heterocycles. The van der Waals surface area contributed by atoms with Gasteiger partial charge in [-0.15, -0.1) is 0 Å². The smallest absolute Gasteiger partial charge is 0.0524 e. The molecule has 2 heteroatoms. The third-order valence-corrected chi connectivity index (χ3v) is 3.04. The highest BCUT2D eigenvalue weighted by atomic mass is 15.3. The first-order valence-corrected chi connectivity index (χ1v) is 6.16. The number of rotatable bonds is 1. The summed E-state index contributed by atoms with van der Waals surface area (Å²) in [6, 6.07) is 0. The minimum absolute atomic E-state index is 0.481. The third kappa shape index (κ3) is 2.61.